The molecule has 1 rings (SSSR count). The molecule has 1 aromatic rings. The third-order valence-corrected chi connectivity index (χ3v) is 2.67. The lowest BCUT2D eigenvalue weighted by Gasteiger charge is -2.22. The van der Waals surface area contributed by atoms with Gasteiger partial charge in [0.15, 0.2) is 0 Å². The smallest absolute Gasteiger partial charge is 0.122 e. The Morgan fingerprint density at radius 1 is 1.06 bits per heavy atom. The van der Waals surface area contributed by atoms with E-state index in [-0.39, 0.29) is 5.41 Å². The van der Waals surface area contributed by atoms with Gasteiger partial charge in [0.25, 0.3) is 0 Å². The fraction of sp³-hybridized carbons (Fsp3) is 0.625. The minimum Gasteiger partial charge on any atom is -0.496 e. The quantitative estimate of drug-likeness (QED) is 0.693. The lowest BCUT2D eigenvalue weighted by molar-refractivity contribution is 0.397. The van der Waals surface area contributed by atoms with Crippen LogP contribution in [0.25, 0.3) is 0 Å². The molecule has 0 aromatic heterocycles. The Labute approximate surface area is 107 Å². The van der Waals surface area contributed by atoms with Crippen molar-refractivity contribution in [2.75, 3.05) is 7.11 Å². The summed E-state index contributed by atoms with van der Waals surface area (Å²) in [5, 5.41) is 0. The maximum atomic E-state index is 5.35. The summed E-state index contributed by atoms with van der Waals surface area (Å²) in [6.45, 7) is 13.0. The van der Waals surface area contributed by atoms with Gasteiger partial charge >= 0.3 is 0 Å². The Kier molecular flexibility index (Phi) is 6.94. The van der Waals surface area contributed by atoms with Crippen LogP contribution in [0.3, 0.4) is 0 Å². The Morgan fingerprint density at radius 2 is 1.59 bits per heavy atom. The standard InChI is InChI=1S/C12H18O.C4H10/c1-9-6-7-10(12(2,3)4)11(8-9)13-5;1-3-4-2/h6-8H,1-5H3;3-4H2,1-2H3. The number of hydrogen-bond donors (Lipinski definition) is 0. The molecule has 0 spiro atoms. The first-order valence-corrected chi connectivity index (χ1v) is 6.51. The highest BCUT2D eigenvalue weighted by Crippen LogP contribution is 2.31. The normalized spacial score (nSPS) is 10.5. The fourth-order valence-corrected chi connectivity index (χ4v) is 1.42. The number of aryl methyl sites for hydroxylation is 1. The van der Waals surface area contributed by atoms with E-state index in [2.05, 4.69) is 59.7 Å². The summed E-state index contributed by atoms with van der Waals surface area (Å²) < 4.78 is 5.35. The van der Waals surface area contributed by atoms with Crippen LogP contribution in [0.15, 0.2) is 18.2 Å². The molecule has 1 aromatic carbocycles. The molecule has 0 unspecified atom stereocenters. The van der Waals surface area contributed by atoms with Crippen LogP contribution in [0.5, 0.6) is 5.75 Å². The van der Waals surface area contributed by atoms with Gasteiger partial charge in [-0.3, -0.25) is 0 Å². The van der Waals surface area contributed by atoms with Gasteiger partial charge in [0.1, 0.15) is 5.75 Å². The molecule has 0 fully saturated rings. The summed E-state index contributed by atoms with van der Waals surface area (Å²) in [7, 11) is 1.73. The highest BCUT2D eigenvalue weighted by Gasteiger charge is 2.18. The van der Waals surface area contributed by atoms with E-state index in [1.54, 1.807) is 7.11 Å². The van der Waals surface area contributed by atoms with Crippen LogP contribution >= 0.6 is 0 Å². The minimum atomic E-state index is 0.152. The van der Waals surface area contributed by atoms with Crippen molar-refractivity contribution in [1.29, 1.82) is 0 Å². The van der Waals surface area contributed by atoms with Crippen LogP contribution in [0, 0.1) is 6.92 Å². The van der Waals surface area contributed by atoms with Crippen LogP contribution in [0.2, 0.25) is 0 Å². The maximum absolute atomic E-state index is 5.35. The van der Waals surface area contributed by atoms with Gasteiger partial charge < -0.3 is 4.74 Å². The number of rotatable bonds is 2. The zero-order chi connectivity index (χ0) is 13.5. The van der Waals surface area contributed by atoms with Gasteiger partial charge in [-0.25, -0.2) is 0 Å². The number of unbranched alkanes of at least 4 members (excludes halogenated alkanes) is 1. The second-order valence-corrected chi connectivity index (χ2v) is 5.45. The molecule has 1 heteroatoms. The molecule has 0 aliphatic rings. The van der Waals surface area contributed by atoms with Gasteiger partial charge in [-0.1, -0.05) is 59.6 Å². The van der Waals surface area contributed by atoms with Crippen molar-refractivity contribution < 1.29 is 4.74 Å². The van der Waals surface area contributed by atoms with Gasteiger partial charge in [-0.2, -0.15) is 0 Å². The molecule has 17 heavy (non-hydrogen) atoms. The van der Waals surface area contributed by atoms with E-state index in [1.165, 1.54) is 24.0 Å². The SMILES string of the molecule is CCCC.COc1cc(C)ccc1C(C)(C)C. The molecule has 0 aliphatic heterocycles. The molecule has 0 aliphatic carbocycles. The Hall–Kier alpha value is -0.980. The zero-order valence-electron chi connectivity index (χ0n) is 12.6. The average molecular weight is 236 g/mol. The molecule has 0 amide bonds. The second-order valence-electron chi connectivity index (χ2n) is 5.45. The van der Waals surface area contributed by atoms with E-state index in [0.29, 0.717) is 0 Å². The third-order valence-electron chi connectivity index (χ3n) is 2.67. The molecule has 1 nitrogen and oxygen atoms in total. The van der Waals surface area contributed by atoms with Gasteiger partial charge in [0, 0.05) is 0 Å². The van der Waals surface area contributed by atoms with Crippen molar-refractivity contribution in [2.45, 2.75) is 59.8 Å². The van der Waals surface area contributed by atoms with E-state index < -0.39 is 0 Å². The molecule has 0 atom stereocenters. The molecule has 0 saturated heterocycles. The summed E-state index contributed by atoms with van der Waals surface area (Å²) >= 11 is 0. The van der Waals surface area contributed by atoms with Crippen molar-refractivity contribution in [3.05, 3.63) is 29.3 Å². The second kappa shape index (κ2) is 7.37. The predicted octanol–water partition coefficient (Wildman–Crippen LogP) is 5.11. The Balaban J connectivity index is 0.000000557. The predicted molar refractivity (Wildman–Crippen MR) is 77.0 cm³/mol. The number of hydrogen-bond acceptors (Lipinski definition) is 1. The zero-order valence-corrected chi connectivity index (χ0v) is 12.6. The van der Waals surface area contributed by atoms with Gasteiger partial charge in [0.05, 0.1) is 7.11 Å². The first kappa shape index (κ1) is 16.0. The molecule has 98 valence electrons. The van der Waals surface area contributed by atoms with Crippen LogP contribution in [-0.2, 0) is 5.41 Å². The molecule has 0 bridgehead atoms. The van der Waals surface area contributed by atoms with Crippen molar-refractivity contribution in [2.24, 2.45) is 0 Å². The van der Waals surface area contributed by atoms with E-state index in [1.807, 2.05) is 0 Å². The van der Waals surface area contributed by atoms with E-state index in [4.69, 9.17) is 4.74 Å². The van der Waals surface area contributed by atoms with Crippen molar-refractivity contribution in [3.8, 4) is 5.75 Å². The van der Waals surface area contributed by atoms with Crippen molar-refractivity contribution >= 4 is 0 Å². The molecular formula is C16H28O. The summed E-state index contributed by atoms with van der Waals surface area (Å²) in [5.74, 6) is 0.993. The summed E-state index contributed by atoms with van der Waals surface area (Å²) in [5.41, 5.74) is 2.66. The first-order chi connectivity index (χ1) is 7.86. The maximum Gasteiger partial charge on any atom is 0.122 e. The first-order valence-electron chi connectivity index (χ1n) is 6.51. The summed E-state index contributed by atoms with van der Waals surface area (Å²) in [4.78, 5) is 0. The molecule has 0 heterocycles. The Morgan fingerprint density at radius 3 is 1.94 bits per heavy atom. The third kappa shape index (κ3) is 5.76. The van der Waals surface area contributed by atoms with Crippen LogP contribution < -0.4 is 4.74 Å². The number of ether oxygens (including phenoxy) is 1. The van der Waals surface area contributed by atoms with Crippen LogP contribution in [0.1, 0.15) is 58.6 Å². The van der Waals surface area contributed by atoms with Crippen molar-refractivity contribution in [3.63, 3.8) is 0 Å². The monoisotopic (exact) mass is 236 g/mol. The minimum absolute atomic E-state index is 0.152. The van der Waals surface area contributed by atoms with Gasteiger partial charge in [0.2, 0.25) is 0 Å². The number of benzene rings is 1. The number of methoxy groups -OCH3 is 1. The lowest BCUT2D eigenvalue weighted by atomic mass is 9.86. The molecule has 0 N–H and O–H groups in total. The summed E-state index contributed by atoms with van der Waals surface area (Å²) in [6.07, 6.45) is 2.64. The molecule has 0 saturated carbocycles. The molecular weight excluding hydrogens is 208 g/mol. The van der Waals surface area contributed by atoms with Crippen LogP contribution in [-0.4, -0.2) is 7.11 Å². The van der Waals surface area contributed by atoms with E-state index in [9.17, 15) is 0 Å². The summed E-state index contributed by atoms with van der Waals surface area (Å²) in [6, 6.07) is 6.36. The van der Waals surface area contributed by atoms with Gasteiger partial charge in [-0.15, -0.1) is 0 Å². The highest BCUT2D eigenvalue weighted by atomic mass is 16.5. The molecule has 0 radical (unpaired) electrons. The average Bonchev–Trinajstić information content (AvgIpc) is 2.27. The largest absolute Gasteiger partial charge is 0.496 e. The fourth-order valence-electron chi connectivity index (χ4n) is 1.42. The van der Waals surface area contributed by atoms with Crippen molar-refractivity contribution in [1.82, 2.24) is 0 Å². The topological polar surface area (TPSA) is 9.23 Å². The Bertz CT molecular complexity index is 319. The highest BCUT2D eigenvalue weighted by molar-refractivity contribution is 5.41. The van der Waals surface area contributed by atoms with Gasteiger partial charge in [-0.05, 0) is 29.5 Å². The van der Waals surface area contributed by atoms with Crippen LogP contribution in [0.4, 0.5) is 0 Å². The van der Waals surface area contributed by atoms with E-state index in [0.717, 1.165) is 5.75 Å². The lowest BCUT2D eigenvalue weighted by Crippen LogP contribution is -2.12. The van der Waals surface area contributed by atoms with E-state index >= 15 is 0 Å².